The van der Waals surface area contributed by atoms with E-state index >= 15 is 0 Å². The number of aliphatic hydroxyl groups is 1. The average molecular weight is 395 g/mol. The zero-order valence-corrected chi connectivity index (χ0v) is 15.8. The van der Waals surface area contributed by atoms with E-state index in [1.807, 2.05) is 42.5 Å². The van der Waals surface area contributed by atoms with Crippen molar-refractivity contribution in [2.75, 3.05) is 0 Å². The Labute approximate surface area is 167 Å². The second kappa shape index (κ2) is 6.97. The van der Waals surface area contributed by atoms with Crippen molar-refractivity contribution in [2.24, 2.45) is 0 Å². The molecule has 3 aromatic carbocycles. The minimum absolute atomic E-state index is 0.0170. The standard InChI is InChI=1S/C23H16Cl2O2/c24-18-10-6-16(7-11-18)22-21(15-4-2-1-3-5-15)20(26)14-23(22,27)17-8-12-19(25)13-9-17/h1-13,27H,14H2/t23-/m0/s1. The Bertz CT molecular complexity index is 1020. The second-order valence-corrected chi connectivity index (χ2v) is 7.46. The van der Waals surface area contributed by atoms with E-state index in [1.165, 1.54) is 0 Å². The molecule has 4 heteroatoms. The van der Waals surface area contributed by atoms with Gasteiger partial charge in [-0.25, -0.2) is 0 Å². The summed E-state index contributed by atoms with van der Waals surface area (Å²) in [6.45, 7) is 0. The summed E-state index contributed by atoms with van der Waals surface area (Å²) in [7, 11) is 0. The van der Waals surface area contributed by atoms with Crippen LogP contribution in [0.3, 0.4) is 0 Å². The quantitative estimate of drug-likeness (QED) is 0.612. The van der Waals surface area contributed by atoms with Crippen LogP contribution < -0.4 is 0 Å². The van der Waals surface area contributed by atoms with Gasteiger partial charge in [0.15, 0.2) is 5.78 Å². The zero-order chi connectivity index (χ0) is 19.0. The van der Waals surface area contributed by atoms with E-state index in [2.05, 4.69) is 0 Å². The Morgan fingerprint density at radius 1 is 0.741 bits per heavy atom. The van der Waals surface area contributed by atoms with Gasteiger partial charge in [-0.15, -0.1) is 0 Å². The van der Waals surface area contributed by atoms with E-state index in [4.69, 9.17) is 23.2 Å². The van der Waals surface area contributed by atoms with E-state index in [1.54, 1.807) is 36.4 Å². The Kier molecular flexibility index (Phi) is 4.65. The van der Waals surface area contributed by atoms with Gasteiger partial charge in [-0.2, -0.15) is 0 Å². The molecule has 0 bridgehead atoms. The summed E-state index contributed by atoms with van der Waals surface area (Å²) in [5, 5.41) is 12.9. The smallest absolute Gasteiger partial charge is 0.167 e. The molecule has 0 saturated carbocycles. The van der Waals surface area contributed by atoms with Crippen molar-refractivity contribution in [3.05, 3.63) is 106 Å². The molecule has 0 aromatic heterocycles. The van der Waals surface area contributed by atoms with Crippen LogP contribution in [0.15, 0.2) is 78.9 Å². The first-order valence-electron chi connectivity index (χ1n) is 8.57. The predicted octanol–water partition coefficient (Wildman–Crippen LogP) is 5.76. The van der Waals surface area contributed by atoms with Gasteiger partial charge in [0, 0.05) is 27.6 Å². The molecular formula is C23H16Cl2O2. The molecule has 0 fully saturated rings. The van der Waals surface area contributed by atoms with Crippen molar-refractivity contribution in [2.45, 2.75) is 12.0 Å². The fraction of sp³-hybridized carbons (Fsp3) is 0.0870. The number of rotatable bonds is 3. The van der Waals surface area contributed by atoms with Crippen molar-refractivity contribution < 1.29 is 9.90 Å². The molecule has 1 aliphatic rings. The molecule has 1 atom stereocenters. The topological polar surface area (TPSA) is 37.3 Å². The van der Waals surface area contributed by atoms with Crippen LogP contribution >= 0.6 is 23.2 Å². The molecule has 0 radical (unpaired) electrons. The first-order valence-corrected chi connectivity index (χ1v) is 9.32. The summed E-state index contributed by atoms with van der Waals surface area (Å²) in [5.74, 6) is -0.0939. The van der Waals surface area contributed by atoms with Crippen LogP contribution in [-0.4, -0.2) is 10.9 Å². The van der Waals surface area contributed by atoms with Gasteiger partial charge in [0.25, 0.3) is 0 Å². The summed E-state index contributed by atoms with van der Waals surface area (Å²) < 4.78 is 0. The minimum atomic E-state index is -1.43. The highest BCUT2D eigenvalue weighted by molar-refractivity contribution is 6.33. The Morgan fingerprint density at radius 3 is 1.89 bits per heavy atom. The number of ketones is 1. The number of Topliss-reactive ketones (excluding diaryl/α,β-unsaturated/α-hetero) is 1. The summed E-state index contributed by atoms with van der Waals surface area (Å²) in [5.41, 5.74) is 1.89. The van der Waals surface area contributed by atoms with Crippen LogP contribution in [0.1, 0.15) is 23.1 Å². The molecule has 0 amide bonds. The second-order valence-electron chi connectivity index (χ2n) is 6.59. The largest absolute Gasteiger partial charge is 0.380 e. The van der Waals surface area contributed by atoms with E-state index in [0.717, 1.165) is 11.1 Å². The molecule has 27 heavy (non-hydrogen) atoms. The highest BCUT2D eigenvalue weighted by Gasteiger charge is 2.46. The number of carbonyl (C=O) groups excluding carboxylic acids is 1. The van der Waals surface area contributed by atoms with Gasteiger partial charge in [-0.3, -0.25) is 4.79 Å². The van der Waals surface area contributed by atoms with Gasteiger partial charge in [0.1, 0.15) is 5.60 Å². The first-order chi connectivity index (χ1) is 13.0. The SMILES string of the molecule is O=C1C[C@](O)(c2ccc(Cl)cc2)C(c2ccc(Cl)cc2)=C1c1ccccc1. The molecule has 4 rings (SSSR count). The summed E-state index contributed by atoms with van der Waals surface area (Å²) in [4.78, 5) is 13.0. The van der Waals surface area contributed by atoms with Crippen molar-refractivity contribution in [3.63, 3.8) is 0 Å². The maximum absolute atomic E-state index is 13.0. The van der Waals surface area contributed by atoms with Crippen LogP contribution in [0.5, 0.6) is 0 Å². The third-order valence-electron chi connectivity index (χ3n) is 4.88. The third-order valence-corrected chi connectivity index (χ3v) is 5.38. The number of carbonyl (C=O) groups is 1. The molecule has 1 aliphatic carbocycles. The van der Waals surface area contributed by atoms with Crippen molar-refractivity contribution >= 4 is 40.1 Å². The minimum Gasteiger partial charge on any atom is -0.380 e. The number of halogens is 2. The van der Waals surface area contributed by atoms with Gasteiger partial charge in [0.2, 0.25) is 0 Å². The van der Waals surface area contributed by atoms with Gasteiger partial charge >= 0.3 is 0 Å². The number of allylic oxidation sites excluding steroid dienone is 1. The zero-order valence-electron chi connectivity index (χ0n) is 14.3. The highest BCUT2D eigenvalue weighted by Crippen LogP contribution is 2.50. The first kappa shape index (κ1) is 18.0. The fourth-order valence-electron chi connectivity index (χ4n) is 3.64. The van der Waals surface area contributed by atoms with Crippen molar-refractivity contribution in [1.82, 2.24) is 0 Å². The lowest BCUT2D eigenvalue weighted by Crippen LogP contribution is -2.25. The normalized spacial score (nSPS) is 19.6. The summed E-state index contributed by atoms with van der Waals surface area (Å²) in [6.07, 6.45) is -0.0170. The molecule has 0 aliphatic heterocycles. The average Bonchev–Trinajstić information content (AvgIpc) is 2.95. The maximum atomic E-state index is 13.0. The van der Waals surface area contributed by atoms with Gasteiger partial charge in [-0.05, 0) is 41.0 Å². The van der Waals surface area contributed by atoms with Crippen LogP contribution in [-0.2, 0) is 10.4 Å². The molecule has 0 unspecified atom stereocenters. The van der Waals surface area contributed by atoms with E-state index in [0.29, 0.717) is 26.8 Å². The van der Waals surface area contributed by atoms with E-state index in [9.17, 15) is 9.90 Å². The van der Waals surface area contributed by atoms with Crippen molar-refractivity contribution in [1.29, 1.82) is 0 Å². The monoisotopic (exact) mass is 394 g/mol. The number of hydrogen-bond acceptors (Lipinski definition) is 2. The van der Waals surface area contributed by atoms with Crippen LogP contribution in [0, 0.1) is 0 Å². The molecular weight excluding hydrogens is 379 g/mol. The van der Waals surface area contributed by atoms with E-state index in [-0.39, 0.29) is 12.2 Å². The van der Waals surface area contributed by atoms with Gasteiger partial charge < -0.3 is 5.11 Å². The molecule has 2 nitrogen and oxygen atoms in total. The Balaban J connectivity index is 1.99. The predicted molar refractivity (Wildman–Crippen MR) is 110 cm³/mol. The molecule has 0 spiro atoms. The number of hydrogen-bond donors (Lipinski definition) is 1. The fourth-order valence-corrected chi connectivity index (χ4v) is 3.89. The molecule has 134 valence electrons. The molecule has 3 aromatic rings. The number of benzene rings is 3. The summed E-state index contributed by atoms with van der Waals surface area (Å²) in [6, 6.07) is 23.6. The Hall–Kier alpha value is -2.39. The van der Waals surface area contributed by atoms with Crippen LogP contribution in [0.2, 0.25) is 10.0 Å². The lowest BCUT2D eigenvalue weighted by Gasteiger charge is -2.27. The maximum Gasteiger partial charge on any atom is 0.167 e. The van der Waals surface area contributed by atoms with Crippen LogP contribution in [0.25, 0.3) is 11.1 Å². The van der Waals surface area contributed by atoms with E-state index < -0.39 is 5.60 Å². The summed E-state index contributed by atoms with van der Waals surface area (Å²) >= 11 is 12.1. The third kappa shape index (κ3) is 3.21. The highest BCUT2D eigenvalue weighted by atomic mass is 35.5. The lowest BCUT2D eigenvalue weighted by atomic mass is 9.82. The molecule has 0 heterocycles. The molecule has 0 saturated heterocycles. The lowest BCUT2D eigenvalue weighted by molar-refractivity contribution is -0.115. The van der Waals surface area contributed by atoms with Gasteiger partial charge in [0.05, 0.1) is 0 Å². The van der Waals surface area contributed by atoms with Crippen LogP contribution in [0.4, 0.5) is 0 Å². The van der Waals surface area contributed by atoms with Crippen molar-refractivity contribution in [3.8, 4) is 0 Å². The Morgan fingerprint density at radius 2 is 1.30 bits per heavy atom. The van der Waals surface area contributed by atoms with Gasteiger partial charge in [-0.1, -0.05) is 77.8 Å². The molecule has 1 N–H and O–H groups in total.